The molecule has 3 N–H and O–H groups in total. The molecule has 6 nitrogen and oxygen atoms in total. The molecule has 2 atom stereocenters. The van der Waals surface area contributed by atoms with Crippen LogP contribution in [0.1, 0.15) is 19.8 Å². The number of ether oxygens (including phenoxy) is 1. The molecular weight excluding hydrogens is 224 g/mol. The number of carboxylic acids is 1. The van der Waals surface area contributed by atoms with Crippen LogP contribution in [0.3, 0.4) is 0 Å². The number of likely N-dealkylation sites (tertiary alicyclic amines) is 1. The molecule has 0 aromatic rings. The van der Waals surface area contributed by atoms with Crippen molar-refractivity contribution < 1.29 is 19.4 Å². The number of aliphatic carboxylic acids is 1. The monoisotopic (exact) mass is 244 g/mol. The van der Waals surface area contributed by atoms with Crippen LogP contribution in [-0.2, 0) is 14.3 Å². The van der Waals surface area contributed by atoms with E-state index in [1.807, 2.05) is 6.92 Å². The maximum absolute atomic E-state index is 11.9. The summed E-state index contributed by atoms with van der Waals surface area (Å²) in [7, 11) is 1.59. The largest absolute Gasteiger partial charge is 0.480 e. The first-order valence-corrected chi connectivity index (χ1v) is 5.68. The van der Waals surface area contributed by atoms with Gasteiger partial charge >= 0.3 is 5.97 Å². The van der Waals surface area contributed by atoms with Crippen LogP contribution in [0.4, 0.5) is 0 Å². The highest BCUT2D eigenvalue weighted by Gasteiger charge is 2.42. The van der Waals surface area contributed by atoms with Gasteiger partial charge < -0.3 is 20.5 Å². The van der Waals surface area contributed by atoms with Gasteiger partial charge in [0.05, 0.1) is 0 Å². The summed E-state index contributed by atoms with van der Waals surface area (Å²) in [5.74, 6) is -0.967. The quantitative estimate of drug-likeness (QED) is 0.691. The van der Waals surface area contributed by atoms with Gasteiger partial charge in [-0.2, -0.15) is 0 Å². The molecule has 17 heavy (non-hydrogen) atoms. The van der Waals surface area contributed by atoms with Crippen molar-refractivity contribution in [3.05, 3.63) is 0 Å². The maximum Gasteiger partial charge on any atom is 0.325 e. The first kappa shape index (κ1) is 13.9. The topological polar surface area (TPSA) is 92.9 Å². The van der Waals surface area contributed by atoms with Gasteiger partial charge in [0, 0.05) is 33.2 Å². The predicted molar refractivity (Wildman–Crippen MR) is 61.4 cm³/mol. The van der Waals surface area contributed by atoms with Gasteiger partial charge in [-0.15, -0.1) is 0 Å². The van der Waals surface area contributed by atoms with Crippen molar-refractivity contribution >= 4 is 11.9 Å². The Labute approximate surface area is 101 Å². The van der Waals surface area contributed by atoms with Crippen LogP contribution < -0.4 is 5.73 Å². The Morgan fingerprint density at radius 1 is 1.59 bits per heavy atom. The number of amides is 1. The summed E-state index contributed by atoms with van der Waals surface area (Å²) in [5, 5.41) is 8.96. The number of hydrogen-bond acceptors (Lipinski definition) is 4. The van der Waals surface area contributed by atoms with E-state index in [9.17, 15) is 9.59 Å². The summed E-state index contributed by atoms with van der Waals surface area (Å²) in [6, 6.07) is 0. The van der Waals surface area contributed by atoms with E-state index in [-0.39, 0.29) is 18.4 Å². The molecular formula is C11H20N2O4. The number of nitrogens with two attached hydrogens (primary N) is 1. The van der Waals surface area contributed by atoms with Gasteiger partial charge in [0.25, 0.3) is 0 Å². The highest BCUT2D eigenvalue weighted by Crippen LogP contribution is 2.20. The lowest BCUT2D eigenvalue weighted by Gasteiger charge is -2.21. The van der Waals surface area contributed by atoms with E-state index >= 15 is 0 Å². The first-order valence-electron chi connectivity index (χ1n) is 5.68. The fourth-order valence-corrected chi connectivity index (χ4v) is 1.99. The van der Waals surface area contributed by atoms with Crippen molar-refractivity contribution in [2.75, 3.05) is 26.8 Å². The molecule has 1 fully saturated rings. The van der Waals surface area contributed by atoms with Crippen LogP contribution in [0.15, 0.2) is 0 Å². The van der Waals surface area contributed by atoms with Crippen LogP contribution in [0.25, 0.3) is 0 Å². The summed E-state index contributed by atoms with van der Waals surface area (Å²) < 4.78 is 4.96. The summed E-state index contributed by atoms with van der Waals surface area (Å²) in [6.45, 7) is 2.96. The SMILES string of the molecule is COCC(C)CC(=O)N1CCC(N)(C(=O)O)C1. The molecule has 1 heterocycles. The lowest BCUT2D eigenvalue weighted by atomic mass is 10.0. The first-order chi connectivity index (χ1) is 7.89. The van der Waals surface area contributed by atoms with Crippen molar-refractivity contribution in [2.45, 2.75) is 25.3 Å². The van der Waals surface area contributed by atoms with E-state index in [2.05, 4.69) is 0 Å². The van der Waals surface area contributed by atoms with Crippen molar-refractivity contribution in [3.63, 3.8) is 0 Å². The lowest BCUT2D eigenvalue weighted by molar-refractivity contribution is -0.143. The van der Waals surface area contributed by atoms with Crippen molar-refractivity contribution in [1.82, 2.24) is 4.90 Å². The third kappa shape index (κ3) is 3.41. The molecule has 0 saturated carbocycles. The van der Waals surface area contributed by atoms with Gasteiger partial charge in [-0.3, -0.25) is 9.59 Å². The number of hydrogen-bond donors (Lipinski definition) is 2. The average Bonchev–Trinajstić information content (AvgIpc) is 2.62. The number of carboxylic acid groups (broad SMARTS) is 1. The van der Waals surface area contributed by atoms with Crippen molar-refractivity contribution in [1.29, 1.82) is 0 Å². The summed E-state index contributed by atoms with van der Waals surface area (Å²) >= 11 is 0. The minimum atomic E-state index is -1.28. The fourth-order valence-electron chi connectivity index (χ4n) is 1.99. The van der Waals surface area contributed by atoms with Crippen LogP contribution in [-0.4, -0.2) is 54.2 Å². The van der Waals surface area contributed by atoms with Crippen LogP contribution in [0, 0.1) is 5.92 Å². The Kier molecular flexibility index (Phi) is 4.47. The molecule has 1 saturated heterocycles. The molecule has 0 spiro atoms. The molecule has 2 unspecified atom stereocenters. The minimum absolute atomic E-state index is 0.0527. The van der Waals surface area contributed by atoms with E-state index in [0.29, 0.717) is 26.0 Å². The Balaban J connectivity index is 2.48. The Bertz CT molecular complexity index is 308. The predicted octanol–water partition coefficient (Wildman–Crippen LogP) is -0.327. The van der Waals surface area contributed by atoms with Crippen LogP contribution in [0.2, 0.25) is 0 Å². The second kappa shape index (κ2) is 5.46. The summed E-state index contributed by atoms with van der Waals surface area (Å²) in [4.78, 5) is 24.3. The summed E-state index contributed by atoms with van der Waals surface area (Å²) in [6.07, 6.45) is 0.677. The zero-order valence-electron chi connectivity index (χ0n) is 10.3. The zero-order chi connectivity index (χ0) is 13.1. The maximum atomic E-state index is 11.9. The Morgan fingerprint density at radius 2 is 2.24 bits per heavy atom. The van der Waals surface area contributed by atoms with Crippen molar-refractivity contribution in [2.24, 2.45) is 11.7 Å². The number of rotatable bonds is 5. The van der Waals surface area contributed by atoms with Gasteiger partial charge in [-0.25, -0.2) is 0 Å². The molecule has 1 amide bonds. The standard InChI is InChI=1S/C11H20N2O4/c1-8(6-17-2)5-9(14)13-4-3-11(12,7-13)10(15)16/h8H,3-7,12H2,1-2H3,(H,15,16). The molecule has 0 aromatic heterocycles. The van der Waals surface area contributed by atoms with Gasteiger partial charge in [-0.1, -0.05) is 6.92 Å². The Morgan fingerprint density at radius 3 is 2.71 bits per heavy atom. The molecule has 6 heteroatoms. The minimum Gasteiger partial charge on any atom is -0.480 e. The molecule has 1 aliphatic rings. The second-order valence-electron chi connectivity index (χ2n) is 4.79. The molecule has 0 aliphatic carbocycles. The molecule has 0 radical (unpaired) electrons. The highest BCUT2D eigenvalue weighted by atomic mass is 16.5. The zero-order valence-corrected chi connectivity index (χ0v) is 10.3. The number of nitrogens with zero attached hydrogens (tertiary/aromatic N) is 1. The highest BCUT2D eigenvalue weighted by molar-refractivity contribution is 5.83. The van der Waals surface area contributed by atoms with E-state index in [1.54, 1.807) is 7.11 Å². The van der Waals surface area contributed by atoms with Crippen LogP contribution in [0.5, 0.6) is 0 Å². The van der Waals surface area contributed by atoms with Crippen molar-refractivity contribution in [3.8, 4) is 0 Å². The van der Waals surface area contributed by atoms with Gasteiger partial charge in [0.15, 0.2) is 0 Å². The van der Waals surface area contributed by atoms with E-state index in [4.69, 9.17) is 15.6 Å². The van der Waals surface area contributed by atoms with Crippen LogP contribution >= 0.6 is 0 Å². The molecule has 0 bridgehead atoms. The molecule has 1 aliphatic heterocycles. The fraction of sp³-hybridized carbons (Fsp3) is 0.818. The lowest BCUT2D eigenvalue weighted by Crippen LogP contribution is -2.50. The number of carbonyl (C=O) groups excluding carboxylic acids is 1. The van der Waals surface area contributed by atoms with E-state index < -0.39 is 11.5 Å². The molecule has 98 valence electrons. The molecule has 1 rings (SSSR count). The number of carbonyl (C=O) groups is 2. The van der Waals surface area contributed by atoms with Gasteiger partial charge in [-0.05, 0) is 12.3 Å². The number of methoxy groups -OCH3 is 1. The van der Waals surface area contributed by atoms with E-state index in [1.165, 1.54) is 4.90 Å². The third-order valence-corrected chi connectivity index (χ3v) is 3.05. The smallest absolute Gasteiger partial charge is 0.325 e. The average molecular weight is 244 g/mol. The normalized spacial score (nSPS) is 25.9. The van der Waals surface area contributed by atoms with Gasteiger partial charge in [0.2, 0.25) is 5.91 Å². The van der Waals surface area contributed by atoms with Gasteiger partial charge in [0.1, 0.15) is 5.54 Å². The third-order valence-electron chi connectivity index (χ3n) is 3.05. The molecule has 0 aromatic carbocycles. The van der Waals surface area contributed by atoms with E-state index in [0.717, 1.165) is 0 Å². The Hall–Kier alpha value is -1.14. The second-order valence-corrected chi connectivity index (χ2v) is 4.79. The summed E-state index contributed by atoms with van der Waals surface area (Å²) in [5.41, 5.74) is 4.42.